The molecule has 1 fully saturated rings. The van der Waals surface area contributed by atoms with Gasteiger partial charge in [-0.1, -0.05) is 42.5 Å². The van der Waals surface area contributed by atoms with E-state index in [4.69, 9.17) is 5.26 Å². The highest BCUT2D eigenvalue weighted by molar-refractivity contribution is 6.10. The van der Waals surface area contributed by atoms with Crippen LogP contribution in [-0.4, -0.2) is 46.8 Å². The van der Waals surface area contributed by atoms with E-state index in [2.05, 4.69) is 10.3 Å². The Morgan fingerprint density at radius 3 is 2.65 bits per heavy atom. The van der Waals surface area contributed by atoms with Crippen molar-refractivity contribution in [1.29, 1.82) is 5.26 Å². The fourth-order valence-corrected chi connectivity index (χ4v) is 3.84. The zero-order chi connectivity index (χ0) is 24.3. The molecule has 1 saturated heterocycles. The molecule has 0 bridgehead atoms. The minimum absolute atomic E-state index is 0.250. The molecule has 0 spiro atoms. The number of pyridine rings is 1. The third-order valence-electron chi connectivity index (χ3n) is 5.50. The van der Waals surface area contributed by atoms with Gasteiger partial charge in [0.25, 0.3) is 11.8 Å². The number of benzene rings is 2. The van der Waals surface area contributed by atoms with E-state index in [1.165, 1.54) is 18.3 Å². The molecule has 1 N–H and O–H groups in total. The first-order chi connectivity index (χ1) is 16.3. The van der Waals surface area contributed by atoms with E-state index in [1.54, 1.807) is 54.6 Å². The van der Waals surface area contributed by atoms with E-state index >= 15 is 0 Å². The average Bonchev–Trinajstić information content (AvgIpc) is 3.16. The summed E-state index contributed by atoms with van der Waals surface area (Å²) in [6.45, 7) is -1.39. The Balaban J connectivity index is 1.59. The number of aromatic nitrogens is 1. The topological polar surface area (TPSA) is 86.1 Å². The molecule has 0 saturated carbocycles. The van der Waals surface area contributed by atoms with E-state index in [1.807, 2.05) is 0 Å². The average molecular weight is 464 g/mol. The summed E-state index contributed by atoms with van der Waals surface area (Å²) in [5.41, 5.74) is 1.96. The molecular weight excluding hydrogens is 445 g/mol. The van der Waals surface area contributed by atoms with Gasteiger partial charge in [0.05, 0.1) is 30.2 Å². The van der Waals surface area contributed by atoms with Crippen LogP contribution in [0.25, 0.3) is 23.1 Å². The number of fused-ring (bicyclic) bond motifs is 1. The van der Waals surface area contributed by atoms with Crippen LogP contribution in [0.4, 0.5) is 13.2 Å². The maximum Gasteiger partial charge on any atom is 0.268 e. The van der Waals surface area contributed by atoms with Crippen LogP contribution in [0.2, 0.25) is 0 Å². The van der Waals surface area contributed by atoms with Crippen molar-refractivity contribution < 1.29 is 22.8 Å². The van der Waals surface area contributed by atoms with Crippen molar-refractivity contribution in [2.75, 3.05) is 13.1 Å². The van der Waals surface area contributed by atoms with Gasteiger partial charge < -0.3 is 10.2 Å². The number of para-hydroxylation sites is 1. The van der Waals surface area contributed by atoms with Crippen molar-refractivity contribution in [3.63, 3.8) is 0 Å². The molecule has 0 unspecified atom stereocenters. The number of carbonyl (C=O) groups excluding carboxylic acids is 2. The Hall–Kier alpha value is -4.19. The lowest BCUT2D eigenvalue weighted by Gasteiger charge is -2.19. The second-order valence-electron chi connectivity index (χ2n) is 7.90. The summed E-state index contributed by atoms with van der Waals surface area (Å²) in [6, 6.07) is 13.2. The fraction of sp³-hybridized carbons (Fsp3) is 0.200. The monoisotopic (exact) mass is 464 g/mol. The van der Waals surface area contributed by atoms with E-state index in [-0.39, 0.29) is 11.4 Å². The summed E-state index contributed by atoms with van der Waals surface area (Å²) in [7, 11) is 0. The highest BCUT2D eigenvalue weighted by Gasteiger charge is 2.47. The quantitative estimate of drug-likeness (QED) is 0.618. The third kappa shape index (κ3) is 4.91. The number of nitriles is 1. The van der Waals surface area contributed by atoms with E-state index in [9.17, 15) is 22.8 Å². The lowest BCUT2D eigenvalue weighted by molar-refractivity contribution is -0.131. The molecular formula is C25H19F3N4O2. The Bertz CT molecular complexity index is 1320. The van der Waals surface area contributed by atoms with Crippen molar-refractivity contribution in [2.24, 2.45) is 0 Å². The Labute approximate surface area is 193 Å². The van der Waals surface area contributed by atoms with Gasteiger partial charge in [-0.15, -0.1) is 0 Å². The van der Waals surface area contributed by atoms with Crippen LogP contribution in [0.5, 0.6) is 0 Å². The zero-order valence-corrected chi connectivity index (χ0v) is 17.8. The summed E-state index contributed by atoms with van der Waals surface area (Å²) in [5, 5.41) is 12.1. The van der Waals surface area contributed by atoms with Gasteiger partial charge in [-0.2, -0.15) is 5.26 Å². The molecule has 0 aliphatic carbocycles. The highest BCUT2D eigenvalue weighted by Crippen LogP contribution is 2.31. The molecule has 1 aliphatic rings. The maximum absolute atomic E-state index is 13.7. The molecule has 6 nitrogen and oxygen atoms in total. The second kappa shape index (κ2) is 9.35. The second-order valence-corrected chi connectivity index (χ2v) is 7.90. The lowest BCUT2D eigenvalue weighted by atomic mass is 10.0. The Morgan fingerprint density at radius 2 is 1.91 bits per heavy atom. The normalized spacial score (nSPS) is 17.1. The van der Waals surface area contributed by atoms with Gasteiger partial charge in [-0.3, -0.25) is 14.6 Å². The smallest absolute Gasteiger partial charge is 0.268 e. The number of nitrogens with one attached hydrogen (secondary N) is 1. The van der Waals surface area contributed by atoms with Gasteiger partial charge in [0.1, 0.15) is 11.9 Å². The van der Waals surface area contributed by atoms with Crippen molar-refractivity contribution >= 4 is 34.9 Å². The van der Waals surface area contributed by atoms with E-state index in [0.717, 1.165) is 4.90 Å². The molecule has 1 atom stereocenters. The number of carbonyl (C=O) groups is 2. The molecule has 9 heteroatoms. The SMILES string of the molecule is N#C[C@@H]1CC(F)(F)CN1C(=O)CNC(=O)c1c(/C=C/c2ccc(F)cc2)cnc2ccccc12. The fourth-order valence-electron chi connectivity index (χ4n) is 3.84. The largest absolute Gasteiger partial charge is 0.343 e. The van der Waals surface area contributed by atoms with Crippen LogP contribution in [0.15, 0.2) is 54.7 Å². The summed E-state index contributed by atoms with van der Waals surface area (Å²) < 4.78 is 40.5. The molecule has 2 heterocycles. The molecule has 34 heavy (non-hydrogen) atoms. The maximum atomic E-state index is 13.7. The minimum Gasteiger partial charge on any atom is -0.343 e. The summed E-state index contributed by atoms with van der Waals surface area (Å²) in [5.74, 6) is -4.87. The first-order valence-corrected chi connectivity index (χ1v) is 10.4. The first kappa shape index (κ1) is 23.0. The molecule has 1 aromatic heterocycles. The van der Waals surface area contributed by atoms with Gasteiger partial charge in [0.15, 0.2) is 0 Å². The number of alkyl halides is 2. The predicted octanol–water partition coefficient (Wildman–Crippen LogP) is 4.03. The molecule has 2 amide bonds. The molecule has 3 aromatic rings. The summed E-state index contributed by atoms with van der Waals surface area (Å²) in [6.07, 6.45) is 4.12. The summed E-state index contributed by atoms with van der Waals surface area (Å²) >= 11 is 0. The molecule has 1 aliphatic heterocycles. The van der Waals surface area contributed by atoms with Crippen LogP contribution in [0.3, 0.4) is 0 Å². The van der Waals surface area contributed by atoms with Crippen LogP contribution < -0.4 is 5.32 Å². The minimum atomic E-state index is -3.14. The van der Waals surface area contributed by atoms with Gasteiger partial charge >= 0.3 is 0 Å². The number of rotatable bonds is 5. The number of likely N-dealkylation sites (tertiary alicyclic amines) is 1. The van der Waals surface area contributed by atoms with E-state index in [0.29, 0.717) is 22.0 Å². The number of hydrogen-bond donors (Lipinski definition) is 1. The highest BCUT2D eigenvalue weighted by atomic mass is 19.3. The predicted molar refractivity (Wildman–Crippen MR) is 120 cm³/mol. The van der Waals surface area contributed by atoms with Crippen molar-refractivity contribution in [3.05, 3.63) is 77.2 Å². The molecule has 0 radical (unpaired) electrons. The molecule has 4 rings (SSSR count). The Morgan fingerprint density at radius 1 is 1.18 bits per heavy atom. The van der Waals surface area contributed by atoms with Crippen molar-refractivity contribution in [2.45, 2.75) is 18.4 Å². The number of hydrogen-bond acceptors (Lipinski definition) is 4. The Kier molecular flexibility index (Phi) is 6.32. The number of amides is 2. The number of nitrogens with zero attached hydrogens (tertiary/aromatic N) is 3. The lowest BCUT2D eigenvalue weighted by Crippen LogP contribution is -2.43. The van der Waals surface area contributed by atoms with Gasteiger partial charge in [-0.05, 0) is 23.8 Å². The van der Waals surface area contributed by atoms with Gasteiger partial charge in [0.2, 0.25) is 5.91 Å². The zero-order valence-electron chi connectivity index (χ0n) is 17.8. The van der Waals surface area contributed by atoms with Crippen molar-refractivity contribution in [1.82, 2.24) is 15.2 Å². The molecule has 172 valence electrons. The van der Waals surface area contributed by atoms with E-state index < -0.39 is 43.3 Å². The van der Waals surface area contributed by atoms with Crippen LogP contribution >= 0.6 is 0 Å². The number of halogens is 3. The van der Waals surface area contributed by atoms with Gasteiger partial charge in [0, 0.05) is 23.6 Å². The van der Waals surface area contributed by atoms with Crippen LogP contribution in [0.1, 0.15) is 27.9 Å². The first-order valence-electron chi connectivity index (χ1n) is 10.4. The van der Waals surface area contributed by atoms with Crippen LogP contribution in [0, 0.1) is 17.1 Å². The van der Waals surface area contributed by atoms with Crippen molar-refractivity contribution in [3.8, 4) is 6.07 Å². The molecule has 2 aromatic carbocycles. The van der Waals surface area contributed by atoms with Crippen LogP contribution in [-0.2, 0) is 4.79 Å². The van der Waals surface area contributed by atoms with Gasteiger partial charge in [-0.25, -0.2) is 13.2 Å². The summed E-state index contributed by atoms with van der Waals surface area (Å²) in [4.78, 5) is 30.8. The standard InChI is InChI=1S/C25H19F3N4O2/c26-18-9-6-16(7-10-18)5-8-17-13-30-21-4-2-1-3-20(21)23(17)24(34)31-14-22(33)32-15-25(27,28)11-19(32)12-29/h1-10,13,19H,11,14-15H2,(H,31,34)/b8-5+/t19-/m0/s1. The third-order valence-corrected chi connectivity index (χ3v) is 5.50.